The van der Waals surface area contributed by atoms with Gasteiger partial charge in [0.15, 0.2) is 0 Å². The minimum Gasteiger partial charge on any atom is -0.480 e. The lowest BCUT2D eigenvalue weighted by Crippen LogP contribution is -2.61. The molecule has 1 saturated heterocycles. The SMILES string of the molecule is CNC(=O)c1ccccc1Sc1ccc2c(/C=C/c3ccccn3)nn(C(=O)N(CCNC(=O)CC[C@H](N)C(=O)O)CCC(=O)N[C@H]3CCNC(=O)[C@H]([C@@H](C)O)NC(=O)[C@H](CCN)NC(=O)[C@H](CCN)NC(=O)C(CC(C)C)NC(=O)[C@@H](Cc4ccccc4)NC(=O)[C@H](CCN)NC3=O)c2c1. The van der Waals surface area contributed by atoms with Crippen molar-refractivity contribution < 1.29 is 67.7 Å². The van der Waals surface area contributed by atoms with Gasteiger partial charge in [0, 0.05) is 73.9 Å². The van der Waals surface area contributed by atoms with E-state index in [4.69, 9.17) is 28.0 Å². The van der Waals surface area contributed by atoms with Crippen molar-refractivity contribution in [3.05, 3.63) is 120 Å². The van der Waals surface area contributed by atoms with Gasteiger partial charge < -0.3 is 91.2 Å². The molecule has 5 aromatic rings. The van der Waals surface area contributed by atoms with Crippen LogP contribution in [-0.2, 0) is 54.4 Å². The fourth-order valence-corrected chi connectivity index (χ4v) is 11.6. The van der Waals surface area contributed by atoms with Gasteiger partial charge in [-0.3, -0.25) is 57.7 Å². The summed E-state index contributed by atoms with van der Waals surface area (Å²) < 4.78 is 1.11. The fourth-order valence-electron chi connectivity index (χ4n) is 10.7. The highest BCUT2D eigenvalue weighted by Crippen LogP contribution is 2.34. The lowest BCUT2D eigenvalue weighted by Gasteiger charge is -2.28. The van der Waals surface area contributed by atoms with E-state index in [1.807, 2.05) is 0 Å². The molecule has 0 bridgehead atoms. The van der Waals surface area contributed by atoms with Crippen molar-refractivity contribution in [2.45, 2.75) is 143 Å². The largest absolute Gasteiger partial charge is 0.480 e. The quantitative estimate of drug-likeness (QED) is 0.0291. The minimum atomic E-state index is -1.70. The zero-order chi connectivity index (χ0) is 73.7. The van der Waals surface area contributed by atoms with Crippen LogP contribution >= 0.6 is 11.8 Å². The summed E-state index contributed by atoms with van der Waals surface area (Å²) in [6.45, 7) is 2.91. The van der Waals surface area contributed by atoms with E-state index in [2.05, 4.69) is 58.2 Å². The summed E-state index contributed by atoms with van der Waals surface area (Å²) in [4.78, 5) is 174. The van der Waals surface area contributed by atoms with Gasteiger partial charge in [-0.25, -0.2) is 4.79 Å². The monoisotopic (exact) mass is 1420 g/mol. The molecule has 1 aliphatic heterocycles. The van der Waals surface area contributed by atoms with Gasteiger partial charge in [0.05, 0.1) is 28.6 Å². The van der Waals surface area contributed by atoms with Gasteiger partial charge in [0.25, 0.3) is 5.91 Å². The van der Waals surface area contributed by atoms with E-state index in [9.17, 15) is 63.0 Å². The number of carbonyl (C=O) groups excluding carboxylic acids is 11. The molecule has 0 spiro atoms. The number of fused-ring (bicyclic) bond motifs is 1. The number of carboxylic acids is 1. The van der Waals surface area contributed by atoms with Gasteiger partial charge in [-0.15, -0.1) is 0 Å². The molecule has 1 unspecified atom stereocenters. The number of aliphatic carboxylic acids is 1. The molecule has 0 saturated carbocycles. The standard InChI is InChI=1S/C68H92N18O14S/c1-39(2)36-52-64(95)80-48(23-28-69)60(91)79-50(25-30-71)63(94)83-58(40(3)87)66(97)76-32-26-51(62(93)78-49(24-29-70)61(92)82-53(65(96)81-52)37-41-12-6-5-7-13-41)77-57(89)27-34-85(35-33-75-56(88)22-20-46(72)67(98)99)68(100)86-54-38-43(101-55-16-9-8-15-45(55)59(90)73-4)18-19-44(54)47(84-86)21-17-42-14-10-11-31-74-42/h5-19,21,31,38-40,46,48-53,58,87H,20,22-30,32-37,69-72H2,1-4H3,(H,73,90)(H,75,88)(H,76,97)(H,77,89)(H,78,93)(H,79,91)(H,80,95)(H,81,96)(H,82,92)(H,83,94)(H,98,99)/b21-17+/t40-,46+,48+,49+,50+,51+,52?,53-,58+/m1/s1. The Hall–Kier alpha value is -10.2. The number of aliphatic hydroxyl groups is 1. The molecule has 101 heavy (non-hydrogen) atoms. The smallest absolute Gasteiger partial charge is 0.345 e. The van der Waals surface area contributed by atoms with Gasteiger partial charge in [-0.2, -0.15) is 9.78 Å². The maximum Gasteiger partial charge on any atom is 0.345 e. The van der Waals surface area contributed by atoms with E-state index in [0.717, 1.165) is 4.68 Å². The van der Waals surface area contributed by atoms with E-state index < -0.39 is 146 Å². The highest BCUT2D eigenvalue weighted by atomic mass is 32.2. The highest BCUT2D eigenvalue weighted by molar-refractivity contribution is 7.99. The van der Waals surface area contributed by atoms with E-state index in [-0.39, 0.29) is 95.0 Å². The molecule has 0 radical (unpaired) electrons. The van der Waals surface area contributed by atoms with Crippen LogP contribution in [0, 0.1) is 5.92 Å². The highest BCUT2D eigenvalue weighted by Gasteiger charge is 2.36. The second kappa shape index (κ2) is 40.2. The summed E-state index contributed by atoms with van der Waals surface area (Å²) in [6.07, 6.45) is 1.23. The molecular formula is C68H92N18O14S. The van der Waals surface area contributed by atoms with E-state index >= 15 is 4.79 Å². The molecule has 11 amide bonds. The number of nitrogens with zero attached hydrogens (tertiary/aromatic N) is 4. The number of carbonyl (C=O) groups is 12. The number of aliphatic hydroxyl groups excluding tert-OH is 1. The summed E-state index contributed by atoms with van der Waals surface area (Å²) in [7, 11) is 1.51. The molecule has 544 valence electrons. The maximum atomic E-state index is 15.3. The second-order valence-corrected chi connectivity index (χ2v) is 25.5. The number of carboxylic acid groups (broad SMARTS) is 1. The van der Waals surface area contributed by atoms with Crippen LogP contribution in [0.2, 0.25) is 0 Å². The van der Waals surface area contributed by atoms with E-state index in [1.165, 1.54) is 30.6 Å². The molecule has 33 heteroatoms. The number of nitrogens with one attached hydrogen (secondary N) is 10. The van der Waals surface area contributed by atoms with Crippen molar-refractivity contribution in [3.8, 4) is 0 Å². The molecule has 1 fully saturated rings. The molecule has 32 nitrogen and oxygen atoms in total. The Morgan fingerprint density at radius 1 is 0.693 bits per heavy atom. The summed E-state index contributed by atoms with van der Waals surface area (Å²) in [5.74, 6) is -9.69. The van der Waals surface area contributed by atoms with E-state index in [1.54, 1.807) is 123 Å². The van der Waals surface area contributed by atoms with Crippen LogP contribution in [-0.4, -0.2) is 208 Å². The number of rotatable bonds is 27. The van der Waals surface area contributed by atoms with Crippen molar-refractivity contribution in [1.82, 2.24) is 72.8 Å². The number of benzene rings is 3. The molecule has 0 aliphatic carbocycles. The van der Waals surface area contributed by atoms with Gasteiger partial charge in [-0.1, -0.05) is 74.1 Å². The first-order valence-electron chi connectivity index (χ1n) is 33.2. The third-order valence-electron chi connectivity index (χ3n) is 16.1. The van der Waals surface area contributed by atoms with Crippen molar-refractivity contribution in [2.75, 3.05) is 52.9 Å². The third-order valence-corrected chi connectivity index (χ3v) is 17.2. The Labute approximate surface area is 588 Å². The molecule has 1 aliphatic rings. The molecule has 20 N–H and O–H groups in total. The average Bonchev–Trinajstić information content (AvgIpc) is 1.64. The average molecular weight is 1420 g/mol. The first kappa shape index (κ1) is 79.8. The Bertz CT molecular complexity index is 3730. The van der Waals surface area contributed by atoms with Crippen LogP contribution in [0.15, 0.2) is 107 Å². The fraction of sp³-hybridized carbons (Fsp3) is 0.441. The molecule has 3 aromatic carbocycles. The van der Waals surface area contributed by atoms with Gasteiger partial charge in [-0.05, 0) is 131 Å². The third kappa shape index (κ3) is 24.6. The Balaban J connectivity index is 1.38. The summed E-state index contributed by atoms with van der Waals surface area (Å²) in [5.41, 5.74) is 25.6. The number of aromatic nitrogens is 3. The number of hydrogen-bond donors (Lipinski definition) is 16. The summed E-state index contributed by atoms with van der Waals surface area (Å²) >= 11 is 1.24. The number of hydrogen-bond acceptors (Lipinski definition) is 20. The molecule has 2 aromatic heterocycles. The van der Waals surface area contributed by atoms with Crippen molar-refractivity contribution in [1.29, 1.82) is 0 Å². The van der Waals surface area contributed by atoms with Crippen LogP contribution in [0.1, 0.15) is 99.4 Å². The first-order valence-corrected chi connectivity index (χ1v) is 34.0. The summed E-state index contributed by atoms with van der Waals surface area (Å²) in [5, 5.41) is 51.7. The zero-order valence-corrected chi connectivity index (χ0v) is 57.6. The first-order chi connectivity index (χ1) is 48.3. The lowest BCUT2D eigenvalue weighted by molar-refractivity contribution is -0.139. The maximum absolute atomic E-state index is 15.3. The van der Waals surface area contributed by atoms with Gasteiger partial charge in [0.1, 0.15) is 48.3 Å². The van der Waals surface area contributed by atoms with Crippen LogP contribution in [0.25, 0.3) is 23.1 Å². The van der Waals surface area contributed by atoms with Crippen LogP contribution < -0.4 is 76.1 Å². The predicted octanol–water partition coefficient (Wildman–Crippen LogP) is -1.29. The molecule has 9 atom stereocenters. The van der Waals surface area contributed by atoms with Crippen molar-refractivity contribution in [3.63, 3.8) is 0 Å². The number of nitrogens with two attached hydrogens (primary N) is 4. The normalized spacial score (nSPS) is 19.9. The van der Waals surface area contributed by atoms with Gasteiger partial charge in [0.2, 0.25) is 53.2 Å². The van der Waals surface area contributed by atoms with Gasteiger partial charge >= 0.3 is 12.0 Å². The van der Waals surface area contributed by atoms with Crippen LogP contribution in [0.4, 0.5) is 4.79 Å². The Morgan fingerprint density at radius 2 is 1.29 bits per heavy atom. The molecule has 3 heterocycles. The molecule has 6 rings (SSSR count). The topological polar surface area (TPSA) is 504 Å². The van der Waals surface area contributed by atoms with Crippen LogP contribution in [0.5, 0.6) is 0 Å². The Morgan fingerprint density at radius 3 is 1.90 bits per heavy atom. The lowest BCUT2D eigenvalue weighted by atomic mass is 10.00. The molecular weight excluding hydrogens is 1320 g/mol. The zero-order valence-electron chi connectivity index (χ0n) is 56.8. The van der Waals surface area contributed by atoms with Crippen LogP contribution in [0.3, 0.4) is 0 Å². The minimum absolute atomic E-state index is 0.0359. The number of pyridine rings is 1. The predicted molar refractivity (Wildman–Crippen MR) is 375 cm³/mol. The number of amides is 11. The van der Waals surface area contributed by atoms with Crippen molar-refractivity contribution >= 4 is 106 Å². The Kier molecular flexibility index (Phi) is 31.7. The van der Waals surface area contributed by atoms with E-state index in [0.29, 0.717) is 37.7 Å². The second-order valence-electron chi connectivity index (χ2n) is 24.4. The summed E-state index contributed by atoms with van der Waals surface area (Å²) in [6, 6.07) is 13.5. The van der Waals surface area contributed by atoms with Crippen molar-refractivity contribution in [2.24, 2.45) is 28.9 Å².